The summed E-state index contributed by atoms with van der Waals surface area (Å²) < 4.78 is 41.4. The molecule has 0 bridgehead atoms. The summed E-state index contributed by atoms with van der Waals surface area (Å²) >= 11 is 8.25. The van der Waals surface area contributed by atoms with Gasteiger partial charge in [-0.05, 0) is 139 Å². The Bertz CT molecular complexity index is 4440. The zero-order valence-corrected chi connectivity index (χ0v) is 70.9. The van der Waals surface area contributed by atoms with Gasteiger partial charge in [0.05, 0.1) is 27.2 Å². The molecule has 0 fully saturated rings. The van der Waals surface area contributed by atoms with Gasteiger partial charge in [-0.15, -0.1) is 11.8 Å². The number of ether oxygens (including phenoxy) is 8. The van der Waals surface area contributed by atoms with Gasteiger partial charge in [0.2, 0.25) is 17.7 Å². The molecule has 0 aromatic heterocycles. The van der Waals surface area contributed by atoms with Crippen LogP contribution in [0.15, 0.2) is 183 Å². The highest BCUT2D eigenvalue weighted by Crippen LogP contribution is 2.49. The van der Waals surface area contributed by atoms with Gasteiger partial charge in [0.1, 0.15) is 55.2 Å². The molecule has 0 spiro atoms. The minimum Gasteiger partial charge on any atom is -0.444 e. The average molecular weight is 1760 g/mol. The predicted octanol–water partition coefficient (Wildman–Crippen LogP) is 13.7. The SMILES string of the molecule is COCC(=O)NCCN(CCNC(=O)OC(C)(C)C)CCNC(=O)c1c(COC(=O)Oc2ccc(C)cc2)ccc(N=[N+]=[N-])c1Br.COCC(=O)NCCN(CCNC(=O)c1c(COC(=O)Oc2ccc(C)cc2)ccc(N=[N+]=[N-])c1Br)CCNC(=O)C(CSC(c1ccccc1)(c1ccccc1)c1ccccc1)NC(=O)OC(C)(C)C. The van der Waals surface area contributed by atoms with E-state index in [2.05, 4.69) is 126 Å². The molecule has 117 heavy (non-hydrogen) atoms. The van der Waals surface area contributed by atoms with E-state index in [1.165, 1.54) is 50.2 Å². The molecule has 35 heteroatoms. The van der Waals surface area contributed by atoms with Crippen molar-refractivity contribution in [1.82, 2.24) is 47.0 Å². The first-order valence-corrected chi connectivity index (χ1v) is 39.7. The van der Waals surface area contributed by atoms with Crippen LogP contribution in [0.1, 0.15) is 101 Å². The highest BCUT2D eigenvalue weighted by Gasteiger charge is 2.39. The lowest BCUT2D eigenvalue weighted by Crippen LogP contribution is -2.51. The van der Waals surface area contributed by atoms with Crippen LogP contribution in [0, 0.1) is 13.8 Å². The molecule has 0 aliphatic carbocycles. The molecule has 1 atom stereocenters. The van der Waals surface area contributed by atoms with E-state index in [1.54, 1.807) is 90.1 Å². The number of aryl methyl sites for hydroxylation is 2. The maximum Gasteiger partial charge on any atom is 0.514 e. The first-order chi connectivity index (χ1) is 55.9. The smallest absolute Gasteiger partial charge is 0.444 e. The van der Waals surface area contributed by atoms with Crippen molar-refractivity contribution < 1.29 is 81.0 Å². The Kier molecular flexibility index (Phi) is 39.6. The topological polar surface area (TPSA) is 416 Å². The number of rotatable bonds is 40. The molecule has 7 rings (SSSR count). The Morgan fingerprint density at radius 3 is 1.17 bits per heavy atom. The Labute approximate surface area is 700 Å². The van der Waals surface area contributed by atoms with Crippen LogP contribution in [0.2, 0.25) is 0 Å². The maximum atomic E-state index is 14.3. The van der Waals surface area contributed by atoms with Crippen LogP contribution in [0.4, 0.5) is 30.6 Å². The van der Waals surface area contributed by atoms with E-state index in [0.29, 0.717) is 49.6 Å². The molecule has 7 aromatic rings. The molecule has 624 valence electrons. The maximum absolute atomic E-state index is 14.3. The fourth-order valence-electron chi connectivity index (χ4n) is 11.2. The molecule has 0 aliphatic rings. The molecule has 0 aliphatic heterocycles. The van der Waals surface area contributed by atoms with Crippen LogP contribution in [-0.4, -0.2) is 193 Å². The number of halogens is 2. The van der Waals surface area contributed by atoms with Crippen LogP contribution < -0.4 is 46.7 Å². The van der Waals surface area contributed by atoms with Crippen LogP contribution in [0.25, 0.3) is 20.9 Å². The van der Waals surface area contributed by atoms with Crippen molar-refractivity contribution in [2.24, 2.45) is 10.2 Å². The minimum atomic E-state index is -1.05. The number of hydrogen-bond acceptors (Lipinski definition) is 22. The average Bonchev–Trinajstić information content (AvgIpc) is 0.750. The van der Waals surface area contributed by atoms with Crippen molar-refractivity contribution in [2.75, 3.05) is 112 Å². The number of thioether (sulfide) groups is 1. The Hall–Kier alpha value is -11.3. The van der Waals surface area contributed by atoms with Gasteiger partial charge in [-0.2, -0.15) is 0 Å². The number of amides is 7. The number of benzene rings is 7. The molecule has 1 unspecified atom stereocenters. The molecule has 0 saturated heterocycles. The third kappa shape index (κ3) is 33.1. The predicted molar refractivity (Wildman–Crippen MR) is 449 cm³/mol. The molecule has 7 N–H and O–H groups in total. The summed E-state index contributed by atoms with van der Waals surface area (Å²) in [4.78, 5) is 126. The van der Waals surface area contributed by atoms with Crippen molar-refractivity contribution in [3.05, 3.63) is 244 Å². The minimum absolute atomic E-state index is 0.0703. The summed E-state index contributed by atoms with van der Waals surface area (Å²) in [5, 5.41) is 27.1. The molecule has 32 nitrogen and oxygen atoms in total. The zero-order chi connectivity index (χ0) is 85.3. The number of hydrogen-bond donors (Lipinski definition) is 7. The number of azide groups is 2. The molecular formula is C82H99Br2N15O17S. The fraction of sp³-hybridized carbons (Fsp3) is 0.378. The monoisotopic (exact) mass is 1760 g/mol. The van der Waals surface area contributed by atoms with Gasteiger partial charge in [-0.3, -0.25) is 33.8 Å². The lowest BCUT2D eigenvalue weighted by Gasteiger charge is -2.36. The van der Waals surface area contributed by atoms with Gasteiger partial charge in [-0.1, -0.05) is 161 Å². The van der Waals surface area contributed by atoms with E-state index in [4.69, 9.17) is 43.4 Å². The van der Waals surface area contributed by atoms with Gasteiger partial charge in [-0.25, -0.2) is 19.2 Å². The largest absolute Gasteiger partial charge is 0.514 e. The Morgan fingerprint density at radius 1 is 0.462 bits per heavy atom. The lowest BCUT2D eigenvalue weighted by atomic mass is 9.84. The third-order valence-electron chi connectivity index (χ3n) is 16.6. The summed E-state index contributed by atoms with van der Waals surface area (Å²) in [6.45, 7) is 16.7. The summed E-state index contributed by atoms with van der Waals surface area (Å²) in [6.07, 6.45) is -3.25. The van der Waals surface area contributed by atoms with Crippen molar-refractivity contribution in [1.29, 1.82) is 0 Å². The van der Waals surface area contributed by atoms with Crippen molar-refractivity contribution >= 4 is 109 Å². The first-order valence-electron chi connectivity index (χ1n) is 37.1. The summed E-state index contributed by atoms with van der Waals surface area (Å²) in [7, 11) is 2.84. The molecule has 7 amide bonds. The standard InChI is InChI=1S/C52H59BrN8O9S.C30H40BrN7O8/c1-36-21-24-41(25-22-36)69-50(66)68-33-37-23-26-42(59-60-54)46(53)45(37)48(64)57-29-32-61(30-27-55-44(62)34-67-5)31-28-56-47(63)43(58-49(65)70-51(2,3)4)35-71-52(38-15-9-6-10-16-38,39-17-11-7-12-18-39)40-19-13-8-14-20-40;1-20-6-9-22(10-7-20)45-29(42)44-18-21-8-11-23(36-37-32)26(31)25(21)27(40)34-13-16-38(15-12-33-24(39)19-43-5)17-14-35-28(41)46-30(2,3)4/h6-26,43H,27-35H2,1-5H3,(H,55,62)(H,56,63)(H,57,64)(H,58,65);6-11H,12-19H2,1-5H3,(H,33,39)(H,34,40)(H,35,41). The number of carbonyl (C=O) groups excluding carboxylic acids is 9. The second kappa shape index (κ2) is 49.0. The second-order valence-electron chi connectivity index (χ2n) is 27.9. The van der Waals surface area contributed by atoms with E-state index in [0.717, 1.165) is 27.8 Å². The highest BCUT2D eigenvalue weighted by molar-refractivity contribution is 9.11. The van der Waals surface area contributed by atoms with Crippen molar-refractivity contribution in [3.63, 3.8) is 0 Å². The number of nitrogens with one attached hydrogen (secondary N) is 7. The van der Waals surface area contributed by atoms with Crippen LogP contribution >= 0.6 is 43.6 Å². The van der Waals surface area contributed by atoms with Crippen LogP contribution in [-0.2, 0) is 60.8 Å². The molecule has 7 aromatic carbocycles. The second-order valence-corrected chi connectivity index (χ2v) is 30.7. The zero-order valence-electron chi connectivity index (χ0n) is 66.9. The van der Waals surface area contributed by atoms with E-state index in [9.17, 15) is 48.7 Å². The van der Waals surface area contributed by atoms with Gasteiger partial charge >= 0.3 is 24.5 Å². The number of methoxy groups -OCH3 is 2. The molecule has 0 saturated carbocycles. The Morgan fingerprint density at radius 2 is 0.812 bits per heavy atom. The molecular weight excluding hydrogens is 1660 g/mol. The highest BCUT2D eigenvalue weighted by atomic mass is 79.9. The summed E-state index contributed by atoms with van der Waals surface area (Å²) in [5.41, 5.74) is 22.7. The van der Waals surface area contributed by atoms with E-state index >= 15 is 0 Å². The summed E-state index contributed by atoms with van der Waals surface area (Å²) in [6, 6.07) is 48.6. The number of alkyl carbamates (subject to hydrolysis) is 2. The number of nitrogens with zero attached hydrogens (tertiary/aromatic N) is 8. The normalized spacial score (nSPS) is 11.3. The van der Waals surface area contributed by atoms with Crippen molar-refractivity contribution in [2.45, 2.75) is 90.6 Å². The fourth-order valence-corrected chi connectivity index (χ4v) is 14.1. The van der Waals surface area contributed by atoms with Crippen molar-refractivity contribution in [3.8, 4) is 11.5 Å². The first kappa shape index (κ1) is 94.6. The molecule has 0 heterocycles. The summed E-state index contributed by atoms with van der Waals surface area (Å²) in [5.74, 6) is -1.40. The van der Waals surface area contributed by atoms with Crippen LogP contribution in [0.3, 0.4) is 0 Å². The number of carbonyl (C=O) groups is 9. The quantitative estimate of drug-likeness (QED) is 0.00357. The van der Waals surface area contributed by atoms with Gasteiger partial charge in [0, 0.05) is 128 Å². The van der Waals surface area contributed by atoms with E-state index in [1.807, 2.05) is 78.2 Å². The van der Waals surface area contributed by atoms with Gasteiger partial charge in [0.15, 0.2) is 0 Å². The van der Waals surface area contributed by atoms with E-state index in [-0.39, 0.29) is 127 Å². The molecule has 0 radical (unpaired) electrons. The Balaban J connectivity index is 0.000000400. The van der Waals surface area contributed by atoms with Crippen LogP contribution in [0.5, 0.6) is 11.5 Å². The third-order valence-corrected chi connectivity index (χ3v) is 19.9. The van der Waals surface area contributed by atoms with Gasteiger partial charge < -0.3 is 75.1 Å². The van der Waals surface area contributed by atoms with Gasteiger partial charge in [0.25, 0.3) is 11.8 Å². The van der Waals surface area contributed by atoms with E-state index < -0.39 is 64.2 Å². The lowest BCUT2D eigenvalue weighted by molar-refractivity contribution is -0.125.